The second-order valence-electron chi connectivity index (χ2n) is 4.19. The summed E-state index contributed by atoms with van der Waals surface area (Å²) in [6, 6.07) is 10.2. The average molecular weight is 214 g/mol. The molecule has 1 aromatic rings. The highest BCUT2D eigenvalue weighted by Crippen LogP contribution is 2.06. The average Bonchev–Trinajstić information content (AvgIpc) is 2.34. The lowest BCUT2D eigenvalue weighted by Gasteiger charge is -1.96. The first-order valence-corrected chi connectivity index (χ1v) is 6.47. The van der Waals surface area contributed by atoms with Gasteiger partial charge >= 0.3 is 0 Å². The van der Waals surface area contributed by atoms with E-state index in [9.17, 15) is 0 Å². The second-order valence-corrected chi connectivity index (χ2v) is 4.19. The second kappa shape index (κ2) is 9.04. The predicted octanol–water partition coefficient (Wildman–Crippen LogP) is 4.79. The molecule has 0 fully saturated rings. The zero-order chi connectivity index (χ0) is 11.5. The van der Waals surface area contributed by atoms with Gasteiger partial charge in [-0.05, 0) is 18.6 Å². The van der Waals surface area contributed by atoms with Crippen LogP contribution in [0.5, 0.6) is 0 Å². The minimum Gasteiger partial charge on any atom is -0.0979 e. The molecule has 0 atom stereocenters. The van der Waals surface area contributed by atoms with Crippen molar-refractivity contribution in [3.63, 3.8) is 0 Å². The van der Waals surface area contributed by atoms with E-state index in [0.717, 1.165) is 12.0 Å². The van der Waals surface area contributed by atoms with Crippen molar-refractivity contribution in [3.05, 3.63) is 35.9 Å². The Morgan fingerprint density at radius 2 is 1.56 bits per heavy atom. The summed E-state index contributed by atoms with van der Waals surface area (Å²) in [5.74, 6) is 6.44. The third kappa shape index (κ3) is 6.30. The summed E-state index contributed by atoms with van der Waals surface area (Å²) in [6.07, 6.45) is 9.11. The summed E-state index contributed by atoms with van der Waals surface area (Å²) in [5.41, 5.74) is 1.13. The Labute approximate surface area is 100 Å². The van der Waals surface area contributed by atoms with Crippen LogP contribution >= 0.6 is 0 Å². The maximum atomic E-state index is 3.24. The fourth-order valence-electron chi connectivity index (χ4n) is 1.68. The first-order valence-electron chi connectivity index (χ1n) is 6.47. The number of benzene rings is 1. The molecule has 86 valence electrons. The third-order valence-electron chi connectivity index (χ3n) is 2.66. The number of rotatable bonds is 6. The van der Waals surface area contributed by atoms with Crippen molar-refractivity contribution in [2.45, 2.75) is 51.9 Å². The Bertz CT molecular complexity index is 313. The van der Waals surface area contributed by atoms with Crippen LogP contribution in [0.4, 0.5) is 0 Å². The maximum Gasteiger partial charge on any atom is 0.0245 e. The van der Waals surface area contributed by atoms with Crippen LogP contribution in [-0.4, -0.2) is 0 Å². The predicted molar refractivity (Wildman–Crippen MR) is 71.3 cm³/mol. The van der Waals surface area contributed by atoms with E-state index in [-0.39, 0.29) is 0 Å². The first kappa shape index (κ1) is 12.8. The molecule has 0 radical (unpaired) electrons. The summed E-state index contributed by atoms with van der Waals surface area (Å²) in [5, 5.41) is 0. The van der Waals surface area contributed by atoms with Gasteiger partial charge in [-0.2, -0.15) is 0 Å². The molecule has 0 aliphatic carbocycles. The van der Waals surface area contributed by atoms with E-state index in [4.69, 9.17) is 0 Å². The molecule has 0 heterocycles. The summed E-state index contributed by atoms with van der Waals surface area (Å²) in [4.78, 5) is 0. The van der Waals surface area contributed by atoms with Crippen LogP contribution in [0.25, 0.3) is 0 Å². The summed E-state index contributed by atoms with van der Waals surface area (Å²) >= 11 is 0. The van der Waals surface area contributed by atoms with Crippen LogP contribution in [0.3, 0.4) is 0 Å². The largest absolute Gasteiger partial charge is 0.0979 e. The number of hydrogen-bond donors (Lipinski definition) is 0. The van der Waals surface area contributed by atoms with Crippen molar-refractivity contribution in [1.29, 1.82) is 0 Å². The van der Waals surface area contributed by atoms with Gasteiger partial charge in [0, 0.05) is 12.0 Å². The molecule has 0 aromatic heterocycles. The van der Waals surface area contributed by atoms with E-state index >= 15 is 0 Å². The Kier molecular flexibility index (Phi) is 7.26. The molecule has 16 heavy (non-hydrogen) atoms. The van der Waals surface area contributed by atoms with Gasteiger partial charge in [0.05, 0.1) is 0 Å². The SMILES string of the molecule is CCCCCCCCC#Cc1ccccc1. The molecular formula is C16H22. The summed E-state index contributed by atoms with van der Waals surface area (Å²) in [7, 11) is 0. The standard InChI is InChI=1S/C16H22/c1-2-3-4-5-6-7-8-10-13-16-14-11-9-12-15-16/h9,11-12,14-15H,2-8H2,1H3. The van der Waals surface area contributed by atoms with Crippen LogP contribution in [0.15, 0.2) is 30.3 Å². The molecule has 0 spiro atoms. The molecule has 0 aliphatic heterocycles. The van der Waals surface area contributed by atoms with Crippen LogP contribution in [0, 0.1) is 11.8 Å². The molecule has 1 aromatic carbocycles. The van der Waals surface area contributed by atoms with Crippen LogP contribution in [-0.2, 0) is 0 Å². The monoisotopic (exact) mass is 214 g/mol. The molecular weight excluding hydrogens is 192 g/mol. The van der Waals surface area contributed by atoms with Gasteiger partial charge in [-0.1, -0.05) is 69.1 Å². The molecule has 0 saturated carbocycles. The minimum atomic E-state index is 1.04. The zero-order valence-electron chi connectivity index (χ0n) is 10.3. The van der Waals surface area contributed by atoms with Crippen LogP contribution in [0.1, 0.15) is 57.4 Å². The van der Waals surface area contributed by atoms with E-state index in [0.29, 0.717) is 0 Å². The molecule has 0 amide bonds. The normalized spacial score (nSPS) is 9.56. The zero-order valence-corrected chi connectivity index (χ0v) is 10.3. The molecule has 0 N–H and O–H groups in total. The van der Waals surface area contributed by atoms with Gasteiger partial charge in [-0.25, -0.2) is 0 Å². The highest BCUT2D eigenvalue weighted by atomic mass is 13.9. The highest BCUT2D eigenvalue weighted by molar-refractivity contribution is 5.33. The highest BCUT2D eigenvalue weighted by Gasteiger charge is 1.88. The third-order valence-corrected chi connectivity index (χ3v) is 2.66. The Balaban J connectivity index is 2.05. The lowest BCUT2D eigenvalue weighted by atomic mass is 10.1. The number of hydrogen-bond acceptors (Lipinski definition) is 0. The Hall–Kier alpha value is -1.22. The molecule has 0 heteroatoms. The van der Waals surface area contributed by atoms with E-state index in [1.807, 2.05) is 18.2 Å². The van der Waals surface area contributed by atoms with E-state index in [2.05, 4.69) is 30.9 Å². The quantitative estimate of drug-likeness (QED) is 0.472. The lowest BCUT2D eigenvalue weighted by Crippen LogP contribution is -1.78. The van der Waals surface area contributed by atoms with Crippen molar-refractivity contribution in [1.82, 2.24) is 0 Å². The first-order chi connectivity index (χ1) is 7.93. The van der Waals surface area contributed by atoms with Crippen LogP contribution < -0.4 is 0 Å². The minimum absolute atomic E-state index is 1.04. The molecule has 1 rings (SSSR count). The van der Waals surface area contributed by atoms with E-state index in [1.54, 1.807) is 0 Å². The van der Waals surface area contributed by atoms with Gasteiger partial charge in [0.15, 0.2) is 0 Å². The molecule has 0 saturated heterocycles. The van der Waals surface area contributed by atoms with Crippen LogP contribution in [0.2, 0.25) is 0 Å². The van der Waals surface area contributed by atoms with E-state index in [1.165, 1.54) is 38.5 Å². The summed E-state index contributed by atoms with van der Waals surface area (Å²) in [6.45, 7) is 2.26. The fraction of sp³-hybridized carbons (Fsp3) is 0.500. The van der Waals surface area contributed by atoms with Crippen molar-refractivity contribution in [2.24, 2.45) is 0 Å². The van der Waals surface area contributed by atoms with E-state index < -0.39 is 0 Å². The molecule has 0 unspecified atom stereocenters. The maximum absolute atomic E-state index is 3.24. The molecule has 0 nitrogen and oxygen atoms in total. The molecule has 0 aliphatic rings. The smallest absolute Gasteiger partial charge is 0.0245 e. The molecule has 0 bridgehead atoms. The fourth-order valence-corrected chi connectivity index (χ4v) is 1.68. The topological polar surface area (TPSA) is 0 Å². The number of unbranched alkanes of at least 4 members (excludes halogenated alkanes) is 6. The van der Waals surface area contributed by atoms with Gasteiger partial charge in [0.2, 0.25) is 0 Å². The van der Waals surface area contributed by atoms with Gasteiger partial charge in [0.1, 0.15) is 0 Å². The van der Waals surface area contributed by atoms with Crippen molar-refractivity contribution in [3.8, 4) is 11.8 Å². The van der Waals surface area contributed by atoms with Gasteiger partial charge in [0.25, 0.3) is 0 Å². The van der Waals surface area contributed by atoms with Gasteiger partial charge in [-0.3, -0.25) is 0 Å². The summed E-state index contributed by atoms with van der Waals surface area (Å²) < 4.78 is 0. The van der Waals surface area contributed by atoms with Crippen molar-refractivity contribution >= 4 is 0 Å². The Morgan fingerprint density at radius 1 is 0.875 bits per heavy atom. The lowest BCUT2D eigenvalue weighted by molar-refractivity contribution is 0.614. The van der Waals surface area contributed by atoms with Gasteiger partial charge < -0.3 is 0 Å². The Morgan fingerprint density at radius 3 is 2.31 bits per heavy atom. The van der Waals surface area contributed by atoms with Crippen molar-refractivity contribution in [2.75, 3.05) is 0 Å². The van der Waals surface area contributed by atoms with Crippen molar-refractivity contribution < 1.29 is 0 Å². The van der Waals surface area contributed by atoms with Gasteiger partial charge in [-0.15, -0.1) is 0 Å².